The minimum Gasteiger partial charge on any atom is -0.490 e. The van der Waals surface area contributed by atoms with E-state index in [9.17, 15) is 18.3 Å². The number of morpholine rings is 1. The molecule has 13 heteroatoms. The van der Waals surface area contributed by atoms with Crippen LogP contribution in [0, 0.1) is 17.8 Å². The van der Waals surface area contributed by atoms with Crippen molar-refractivity contribution in [3.8, 4) is 5.75 Å². The van der Waals surface area contributed by atoms with Crippen LogP contribution < -0.4 is 14.4 Å². The molecule has 1 saturated carbocycles. The molecule has 0 radical (unpaired) electrons. The van der Waals surface area contributed by atoms with E-state index in [1.807, 2.05) is 32.2 Å². The van der Waals surface area contributed by atoms with E-state index in [0.29, 0.717) is 37.3 Å². The number of fused-ring (bicyclic) bond motifs is 5. The molecule has 1 amide bonds. The molecule has 2 N–H and O–H groups in total. The summed E-state index contributed by atoms with van der Waals surface area (Å²) in [7, 11) is -2.31. The standard InChI is InChI=1S/C42H57ClN4O7S/c1-29-5-3-15-42(52-2,27-45-16-17-46-18-20-53-25-34(46)24-45)36-10-7-32(36)23-47-26-41(14-4-6-30-21-33(43)9-11-35(30)41)28-54-38-12-8-31(22-37(38)47)40(49)44-55(50,51)39(29)13-19-48/h3,8-9,11-12,15,21-22,29,32,34,36,39,48H,4-7,10,13-14,16-20,23-28H2,1-2H3,(H,44,49)/b15-3-/t29-,32-,34-,36+,39+,41-,42+/m0/s1. The van der Waals surface area contributed by atoms with E-state index in [4.69, 9.17) is 25.8 Å². The highest BCUT2D eigenvalue weighted by molar-refractivity contribution is 7.90. The van der Waals surface area contributed by atoms with Crippen molar-refractivity contribution in [2.75, 3.05) is 84.3 Å². The third kappa shape index (κ3) is 7.69. The summed E-state index contributed by atoms with van der Waals surface area (Å²) in [6, 6.07) is 11.9. The fourth-order valence-corrected chi connectivity index (χ4v) is 12.5. The Morgan fingerprint density at radius 2 is 1.98 bits per heavy atom. The van der Waals surface area contributed by atoms with Crippen molar-refractivity contribution in [1.82, 2.24) is 14.5 Å². The van der Waals surface area contributed by atoms with Crippen LogP contribution in [0.4, 0.5) is 5.69 Å². The second kappa shape index (κ2) is 15.9. The first-order valence-corrected chi connectivity index (χ1v) is 22.2. The second-order valence-electron chi connectivity index (χ2n) is 17.0. The van der Waals surface area contributed by atoms with Gasteiger partial charge < -0.3 is 24.2 Å². The molecular formula is C42H57ClN4O7S. The van der Waals surface area contributed by atoms with E-state index in [-0.39, 0.29) is 35.8 Å². The van der Waals surface area contributed by atoms with Crippen LogP contribution in [0.5, 0.6) is 5.75 Å². The summed E-state index contributed by atoms with van der Waals surface area (Å²) in [6.45, 7) is 9.58. The third-order valence-electron chi connectivity index (χ3n) is 13.8. The topological polar surface area (TPSA) is 121 Å². The fraction of sp³-hybridized carbons (Fsp3) is 0.643. The van der Waals surface area contributed by atoms with Gasteiger partial charge in [0.05, 0.1) is 30.8 Å². The maximum Gasteiger partial charge on any atom is 0.264 e. The zero-order valence-electron chi connectivity index (χ0n) is 32.3. The first-order chi connectivity index (χ1) is 26.5. The number of sulfonamides is 1. The summed E-state index contributed by atoms with van der Waals surface area (Å²) in [6.07, 6.45) is 9.79. The predicted octanol–water partition coefficient (Wildman–Crippen LogP) is 4.65. The summed E-state index contributed by atoms with van der Waals surface area (Å²) in [4.78, 5) is 21.3. The number of amides is 1. The van der Waals surface area contributed by atoms with Gasteiger partial charge >= 0.3 is 0 Å². The molecule has 2 bridgehead atoms. The molecule has 6 aliphatic rings. The largest absolute Gasteiger partial charge is 0.490 e. The smallest absolute Gasteiger partial charge is 0.264 e. The van der Waals surface area contributed by atoms with Gasteiger partial charge in [0.25, 0.3) is 5.91 Å². The molecule has 0 aromatic heterocycles. The average Bonchev–Trinajstić information content (AvgIpc) is 3.31. The Morgan fingerprint density at radius 3 is 2.78 bits per heavy atom. The van der Waals surface area contributed by atoms with Gasteiger partial charge in [-0.3, -0.25) is 14.6 Å². The molecule has 4 heterocycles. The third-order valence-corrected chi connectivity index (χ3v) is 16.0. The van der Waals surface area contributed by atoms with Crippen LogP contribution in [-0.2, 0) is 31.3 Å². The van der Waals surface area contributed by atoms with Crippen molar-refractivity contribution in [2.45, 2.75) is 74.2 Å². The quantitative estimate of drug-likeness (QED) is 0.414. The molecule has 4 aliphatic heterocycles. The lowest BCUT2D eigenvalue weighted by Gasteiger charge is -2.53. The van der Waals surface area contributed by atoms with Crippen molar-refractivity contribution in [3.05, 3.63) is 70.3 Å². The summed E-state index contributed by atoms with van der Waals surface area (Å²) in [5, 5.41) is 9.75. The number of hydrogen-bond donors (Lipinski definition) is 2. The van der Waals surface area contributed by atoms with Crippen LogP contribution in [0.1, 0.15) is 66.9 Å². The van der Waals surface area contributed by atoms with Gasteiger partial charge in [-0.15, -0.1) is 0 Å². The SMILES string of the molecule is CO[C@@]1(CN2CCN3CCOC[C@@H]3C2)/C=C\C[C@H](C)[C@@H](CCO)S(=O)(=O)NC(=O)c2ccc3c(c2)N(C[C@@H]2CC[C@H]21)C[C@@]1(CCCc2cc(Cl)ccc21)CO3. The number of aliphatic hydroxyl groups is 1. The first kappa shape index (κ1) is 39.1. The minimum atomic E-state index is -4.14. The Morgan fingerprint density at radius 1 is 1.11 bits per heavy atom. The monoisotopic (exact) mass is 796 g/mol. The average molecular weight is 797 g/mol. The van der Waals surface area contributed by atoms with E-state index in [1.54, 1.807) is 6.07 Å². The summed E-state index contributed by atoms with van der Waals surface area (Å²) in [5.74, 6) is 0.149. The zero-order valence-corrected chi connectivity index (χ0v) is 33.8. The van der Waals surface area contributed by atoms with Crippen LogP contribution in [-0.4, -0.2) is 125 Å². The van der Waals surface area contributed by atoms with Crippen LogP contribution in [0.3, 0.4) is 0 Å². The number of allylic oxidation sites excluding steroid dienone is 1. The Hall–Kier alpha value is -2.71. The predicted molar refractivity (Wildman–Crippen MR) is 214 cm³/mol. The maximum atomic E-state index is 13.9. The number of ether oxygens (including phenoxy) is 3. The van der Waals surface area contributed by atoms with Gasteiger partial charge in [-0.05, 0) is 104 Å². The van der Waals surface area contributed by atoms with Crippen LogP contribution >= 0.6 is 11.6 Å². The molecule has 7 atom stereocenters. The van der Waals surface area contributed by atoms with Gasteiger partial charge in [0.1, 0.15) is 11.4 Å². The number of methoxy groups -OCH3 is 1. The lowest BCUT2D eigenvalue weighted by atomic mass is 9.63. The number of benzene rings is 2. The van der Waals surface area contributed by atoms with Crippen LogP contribution in [0.2, 0.25) is 5.02 Å². The molecule has 2 aromatic rings. The zero-order chi connectivity index (χ0) is 38.4. The van der Waals surface area contributed by atoms with E-state index >= 15 is 0 Å². The molecule has 2 saturated heterocycles. The van der Waals surface area contributed by atoms with Crippen molar-refractivity contribution in [3.63, 3.8) is 0 Å². The molecule has 300 valence electrons. The summed E-state index contributed by atoms with van der Waals surface area (Å²) < 4.78 is 49.5. The van der Waals surface area contributed by atoms with Gasteiger partial charge in [-0.25, -0.2) is 13.1 Å². The number of carbonyl (C=O) groups is 1. The molecule has 0 unspecified atom stereocenters. The van der Waals surface area contributed by atoms with E-state index < -0.39 is 26.8 Å². The maximum absolute atomic E-state index is 13.9. The molecule has 1 spiro atoms. The van der Waals surface area contributed by atoms with Gasteiger partial charge in [0.15, 0.2) is 0 Å². The molecule has 11 nitrogen and oxygen atoms in total. The number of carbonyl (C=O) groups excluding carboxylic acids is 1. The highest BCUT2D eigenvalue weighted by atomic mass is 35.5. The van der Waals surface area contributed by atoms with E-state index in [2.05, 4.69) is 43.7 Å². The number of anilines is 1. The Labute approximate surface area is 331 Å². The highest BCUT2D eigenvalue weighted by Crippen LogP contribution is 2.49. The van der Waals surface area contributed by atoms with Gasteiger partial charge in [0.2, 0.25) is 10.0 Å². The van der Waals surface area contributed by atoms with Crippen molar-refractivity contribution < 1.29 is 32.5 Å². The number of aliphatic hydroxyl groups excluding tert-OH is 1. The van der Waals surface area contributed by atoms with Gasteiger partial charge in [-0.2, -0.15) is 0 Å². The van der Waals surface area contributed by atoms with Crippen LogP contribution in [0.25, 0.3) is 0 Å². The van der Waals surface area contributed by atoms with E-state index in [1.165, 1.54) is 11.1 Å². The normalized spacial score (nSPS) is 34.6. The first-order valence-electron chi connectivity index (χ1n) is 20.3. The number of hydrogen-bond acceptors (Lipinski definition) is 10. The molecule has 3 fully saturated rings. The highest BCUT2D eigenvalue weighted by Gasteiger charge is 2.50. The van der Waals surface area contributed by atoms with Crippen molar-refractivity contribution >= 4 is 33.2 Å². The van der Waals surface area contributed by atoms with Crippen molar-refractivity contribution in [1.29, 1.82) is 0 Å². The number of piperazine rings is 1. The molecule has 8 rings (SSSR count). The van der Waals surface area contributed by atoms with Crippen LogP contribution in [0.15, 0.2) is 48.6 Å². The molecular weight excluding hydrogens is 740 g/mol. The summed E-state index contributed by atoms with van der Waals surface area (Å²) >= 11 is 6.51. The van der Waals surface area contributed by atoms with Gasteiger partial charge in [-0.1, -0.05) is 36.7 Å². The number of halogens is 1. The van der Waals surface area contributed by atoms with Crippen molar-refractivity contribution in [2.24, 2.45) is 17.8 Å². The number of nitrogens with one attached hydrogen (secondary N) is 1. The molecule has 2 aliphatic carbocycles. The molecule has 2 aromatic carbocycles. The summed E-state index contributed by atoms with van der Waals surface area (Å²) in [5.41, 5.74) is 2.68. The Kier molecular flexibility index (Phi) is 11.3. The Balaban J connectivity index is 1.20. The Bertz CT molecular complexity index is 1880. The number of aryl methyl sites for hydroxylation is 1. The van der Waals surface area contributed by atoms with E-state index in [0.717, 1.165) is 95.3 Å². The fourth-order valence-electron chi connectivity index (χ4n) is 10.6. The second-order valence-corrected chi connectivity index (χ2v) is 19.4. The minimum absolute atomic E-state index is 0.0199. The lowest BCUT2D eigenvalue weighted by Crippen LogP contribution is -2.62. The lowest BCUT2D eigenvalue weighted by molar-refractivity contribution is -0.108. The van der Waals surface area contributed by atoms with Gasteiger partial charge in [0, 0.05) is 81.6 Å². The number of nitrogens with zero attached hydrogens (tertiary/aromatic N) is 3. The number of rotatable bonds is 5. The molecule has 55 heavy (non-hydrogen) atoms.